The van der Waals surface area contributed by atoms with E-state index in [1.54, 1.807) is 11.9 Å². The Labute approximate surface area is 115 Å². The summed E-state index contributed by atoms with van der Waals surface area (Å²) in [7, 11) is 0. The number of nitrogens with one attached hydrogen (secondary N) is 1. The summed E-state index contributed by atoms with van der Waals surface area (Å²) in [5.74, 6) is 0. The van der Waals surface area contributed by atoms with Crippen LogP contribution in [0, 0.1) is 0 Å². The summed E-state index contributed by atoms with van der Waals surface area (Å²) in [4.78, 5) is 4.50. The van der Waals surface area contributed by atoms with Crippen LogP contribution in [0.4, 0.5) is 0 Å². The minimum atomic E-state index is 0.177. The molecule has 0 radical (unpaired) electrons. The van der Waals surface area contributed by atoms with E-state index >= 15 is 0 Å². The van der Waals surface area contributed by atoms with Crippen LogP contribution in [0.25, 0.3) is 0 Å². The summed E-state index contributed by atoms with van der Waals surface area (Å²) in [5, 5.41) is 0. The molecule has 17 heavy (non-hydrogen) atoms. The van der Waals surface area contributed by atoms with Gasteiger partial charge in [-0.1, -0.05) is 11.9 Å². The fourth-order valence-corrected chi connectivity index (χ4v) is 2.68. The highest BCUT2D eigenvalue weighted by Crippen LogP contribution is 2.29. The van der Waals surface area contributed by atoms with Crippen LogP contribution in [0.3, 0.4) is 0 Å². The largest absolute Gasteiger partial charge is 0.375 e. The third-order valence-electron chi connectivity index (χ3n) is 2.35. The minimum Gasteiger partial charge on any atom is -0.375 e. The van der Waals surface area contributed by atoms with E-state index in [4.69, 9.17) is 4.74 Å². The highest BCUT2D eigenvalue weighted by atomic mass is 79.9. The monoisotopic (exact) mass is 316 g/mol. The van der Waals surface area contributed by atoms with Gasteiger partial charge in [0, 0.05) is 21.0 Å². The SMILES string of the molecule is CC(C)(C)SNC1COCc2cc(Br)cnc21. The number of fused-ring (bicyclic) bond motifs is 1. The summed E-state index contributed by atoms with van der Waals surface area (Å²) in [6.45, 7) is 7.89. The second-order valence-electron chi connectivity index (χ2n) is 5.10. The molecule has 94 valence electrons. The molecule has 0 saturated carbocycles. The van der Waals surface area contributed by atoms with Crippen LogP contribution >= 0.6 is 27.9 Å². The molecule has 1 N–H and O–H groups in total. The summed E-state index contributed by atoms with van der Waals surface area (Å²) in [6.07, 6.45) is 1.85. The molecular formula is C12H17BrN2OS. The summed E-state index contributed by atoms with van der Waals surface area (Å²) in [5.41, 5.74) is 2.27. The van der Waals surface area contributed by atoms with Crippen molar-refractivity contribution in [1.29, 1.82) is 0 Å². The van der Waals surface area contributed by atoms with E-state index in [-0.39, 0.29) is 10.8 Å². The molecular weight excluding hydrogens is 300 g/mol. The number of pyridine rings is 1. The van der Waals surface area contributed by atoms with Crippen LogP contribution in [0.15, 0.2) is 16.7 Å². The fraction of sp³-hybridized carbons (Fsp3) is 0.583. The van der Waals surface area contributed by atoms with Gasteiger partial charge in [-0.15, -0.1) is 0 Å². The first-order chi connectivity index (χ1) is 7.96. The Hall–Kier alpha value is -0.100. The highest BCUT2D eigenvalue weighted by Gasteiger charge is 2.24. The molecule has 0 aliphatic carbocycles. The molecule has 1 unspecified atom stereocenters. The van der Waals surface area contributed by atoms with E-state index < -0.39 is 0 Å². The molecule has 2 heterocycles. The van der Waals surface area contributed by atoms with Gasteiger partial charge in [0.15, 0.2) is 0 Å². The standard InChI is InChI=1S/C12H17BrN2OS/c1-12(2,3)17-15-10-7-16-6-8-4-9(13)5-14-11(8)10/h4-5,10,15H,6-7H2,1-3H3. The number of hydrogen-bond donors (Lipinski definition) is 1. The topological polar surface area (TPSA) is 34.1 Å². The maximum atomic E-state index is 5.59. The van der Waals surface area contributed by atoms with Crippen LogP contribution in [-0.4, -0.2) is 16.3 Å². The summed E-state index contributed by atoms with van der Waals surface area (Å²) < 4.78 is 10.2. The van der Waals surface area contributed by atoms with E-state index in [9.17, 15) is 0 Å². The number of rotatable bonds is 2. The van der Waals surface area contributed by atoms with Crippen molar-refractivity contribution < 1.29 is 4.74 Å². The average molecular weight is 317 g/mol. The van der Waals surface area contributed by atoms with Gasteiger partial charge in [-0.3, -0.25) is 9.71 Å². The van der Waals surface area contributed by atoms with Gasteiger partial charge in [0.25, 0.3) is 0 Å². The van der Waals surface area contributed by atoms with E-state index in [0.717, 1.165) is 15.7 Å². The molecule has 0 fully saturated rings. The van der Waals surface area contributed by atoms with Crippen molar-refractivity contribution in [2.24, 2.45) is 0 Å². The van der Waals surface area contributed by atoms with Crippen LogP contribution in [0.2, 0.25) is 0 Å². The van der Waals surface area contributed by atoms with Gasteiger partial charge < -0.3 is 4.74 Å². The number of ether oxygens (including phenoxy) is 1. The predicted molar refractivity (Wildman–Crippen MR) is 74.8 cm³/mol. The van der Waals surface area contributed by atoms with E-state index in [2.05, 4.69) is 52.5 Å². The fourth-order valence-electron chi connectivity index (χ4n) is 1.62. The van der Waals surface area contributed by atoms with Crippen molar-refractivity contribution in [3.05, 3.63) is 28.0 Å². The molecule has 1 atom stereocenters. The number of aromatic nitrogens is 1. The lowest BCUT2D eigenvalue weighted by Gasteiger charge is -2.28. The van der Waals surface area contributed by atoms with Gasteiger partial charge in [0.2, 0.25) is 0 Å². The van der Waals surface area contributed by atoms with E-state index in [0.29, 0.717) is 13.2 Å². The zero-order valence-corrected chi connectivity index (χ0v) is 12.7. The summed E-state index contributed by atoms with van der Waals surface area (Å²) >= 11 is 5.16. The molecule has 1 aliphatic rings. The van der Waals surface area contributed by atoms with E-state index in [1.807, 2.05) is 6.20 Å². The van der Waals surface area contributed by atoms with Gasteiger partial charge in [0.1, 0.15) is 0 Å². The van der Waals surface area contributed by atoms with Crippen molar-refractivity contribution in [1.82, 2.24) is 9.71 Å². The lowest BCUT2D eigenvalue weighted by atomic mass is 10.1. The smallest absolute Gasteiger partial charge is 0.0831 e. The Bertz CT molecular complexity index is 406. The first-order valence-electron chi connectivity index (χ1n) is 5.61. The zero-order chi connectivity index (χ0) is 12.5. The molecule has 2 rings (SSSR count). The quantitative estimate of drug-likeness (QED) is 0.847. The molecule has 0 saturated heterocycles. The average Bonchev–Trinajstić information content (AvgIpc) is 2.24. The Morgan fingerprint density at radius 1 is 1.53 bits per heavy atom. The molecule has 1 aliphatic heterocycles. The van der Waals surface area contributed by atoms with Crippen molar-refractivity contribution in [2.75, 3.05) is 6.61 Å². The van der Waals surface area contributed by atoms with Gasteiger partial charge in [-0.2, -0.15) is 0 Å². The maximum absolute atomic E-state index is 5.59. The molecule has 0 amide bonds. The first-order valence-corrected chi connectivity index (χ1v) is 7.22. The third-order valence-corrected chi connectivity index (χ3v) is 3.80. The van der Waals surface area contributed by atoms with Gasteiger partial charge in [-0.25, -0.2) is 0 Å². The van der Waals surface area contributed by atoms with Crippen LogP contribution in [0.5, 0.6) is 0 Å². The zero-order valence-electron chi connectivity index (χ0n) is 10.3. The molecule has 0 spiro atoms. The Morgan fingerprint density at radius 3 is 3.00 bits per heavy atom. The second-order valence-corrected chi connectivity index (χ2v) is 7.68. The van der Waals surface area contributed by atoms with Crippen LogP contribution in [0.1, 0.15) is 38.1 Å². The van der Waals surface area contributed by atoms with Crippen LogP contribution in [-0.2, 0) is 11.3 Å². The van der Waals surface area contributed by atoms with Crippen molar-refractivity contribution in [3.8, 4) is 0 Å². The lowest BCUT2D eigenvalue weighted by molar-refractivity contribution is 0.0869. The highest BCUT2D eigenvalue weighted by molar-refractivity contribution is 9.10. The molecule has 5 heteroatoms. The van der Waals surface area contributed by atoms with Gasteiger partial charge >= 0.3 is 0 Å². The Morgan fingerprint density at radius 2 is 2.29 bits per heavy atom. The number of halogens is 1. The minimum absolute atomic E-state index is 0.177. The molecule has 0 aromatic carbocycles. The Kier molecular flexibility index (Phi) is 4.13. The predicted octanol–water partition coefficient (Wildman–Crippen LogP) is 3.45. The van der Waals surface area contributed by atoms with Crippen LogP contribution < -0.4 is 4.72 Å². The summed E-state index contributed by atoms with van der Waals surface area (Å²) in [6, 6.07) is 2.26. The van der Waals surface area contributed by atoms with Crippen molar-refractivity contribution in [3.63, 3.8) is 0 Å². The second kappa shape index (κ2) is 5.26. The van der Waals surface area contributed by atoms with Gasteiger partial charge in [-0.05, 0) is 42.8 Å². The third kappa shape index (κ3) is 3.68. The molecule has 1 aromatic heterocycles. The molecule has 1 aromatic rings. The lowest BCUT2D eigenvalue weighted by Crippen LogP contribution is -2.29. The number of hydrogen-bond acceptors (Lipinski definition) is 4. The van der Waals surface area contributed by atoms with Crippen molar-refractivity contribution >= 4 is 27.9 Å². The molecule has 0 bridgehead atoms. The van der Waals surface area contributed by atoms with Crippen molar-refractivity contribution in [2.45, 2.75) is 38.2 Å². The maximum Gasteiger partial charge on any atom is 0.0831 e. The first kappa shape index (κ1) is 13.3. The normalized spacial score (nSPS) is 20.1. The Balaban J connectivity index is 2.12. The molecule has 3 nitrogen and oxygen atoms in total. The number of nitrogens with zero attached hydrogens (tertiary/aromatic N) is 1. The van der Waals surface area contributed by atoms with E-state index in [1.165, 1.54) is 0 Å². The van der Waals surface area contributed by atoms with Gasteiger partial charge in [0.05, 0.1) is 24.9 Å².